The van der Waals surface area contributed by atoms with Crippen molar-refractivity contribution < 1.29 is 9.13 Å². The second-order valence-corrected chi connectivity index (χ2v) is 3.94. The molecule has 0 radical (unpaired) electrons. The topological polar surface area (TPSA) is 35.0 Å². The summed E-state index contributed by atoms with van der Waals surface area (Å²) in [5.41, 5.74) is 0.647. The van der Waals surface area contributed by atoms with Crippen LogP contribution in [0.4, 0.5) is 4.39 Å². The fourth-order valence-corrected chi connectivity index (χ4v) is 1.76. The average molecular weight is 273 g/mol. The first kappa shape index (κ1) is 12.1. The number of ether oxygens (including phenoxy) is 1. The van der Waals surface area contributed by atoms with E-state index in [1.807, 2.05) is 0 Å². The van der Waals surface area contributed by atoms with Crippen LogP contribution in [0.1, 0.15) is 0 Å². The van der Waals surface area contributed by atoms with Gasteiger partial charge in [0.2, 0.25) is 0 Å². The standard InChI is InChI=1S/C11H7Cl2FN2O/c1-17-8-4-2-3-6(10(8)14)7-5-9(12)15-16-11(7)13/h2-5H,1H3. The Morgan fingerprint density at radius 1 is 1.18 bits per heavy atom. The molecule has 0 atom stereocenters. The van der Waals surface area contributed by atoms with Crippen LogP contribution < -0.4 is 4.74 Å². The lowest BCUT2D eigenvalue weighted by Gasteiger charge is -2.08. The molecule has 0 fully saturated rings. The zero-order valence-electron chi connectivity index (χ0n) is 8.75. The van der Waals surface area contributed by atoms with Crippen LogP contribution in [0.3, 0.4) is 0 Å². The van der Waals surface area contributed by atoms with E-state index < -0.39 is 5.82 Å². The number of rotatable bonds is 2. The van der Waals surface area contributed by atoms with Gasteiger partial charge in [0, 0.05) is 11.1 Å². The highest BCUT2D eigenvalue weighted by Crippen LogP contribution is 2.33. The van der Waals surface area contributed by atoms with Gasteiger partial charge in [-0.2, -0.15) is 0 Å². The van der Waals surface area contributed by atoms with Gasteiger partial charge in [-0.3, -0.25) is 0 Å². The summed E-state index contributed by atoms with van der Waals surface area (Å²) in [4.78, 5) is 0. The molecule has 2 aromatic rings. The van der Waals surface area contributed by atoms with Crippen LogP contribution in [0, 0.1) is 5.82 Å². The van der Waals surface area contributed by atoms with Crippen LogP contribution in [0.5, 0.6) is 5.75 Å². The lowest BCUT2D eigenvalue weighted by molar-refractivity contribution is 0.387. The molecule has 0 unspecified atom stereocenters. The van der Waals surface area contributed by atoms with Crippen LogP contribution in [0.25, 0.3) is 11.1 Å². The molecule has 1 heterocycles. The monoisotopic (exact) mass is 272 g/mol. The summed E-state index contributed by atoms with van der Waals surface area (Å²) >= 11 is 11.6. The molecule has 0 spiro atoms. The van der Waals surface area contributed by atoms with Gasteiger partial charge < -0.3 is 4.74 Å². The van der Waals surface area contributed by atoms with Gasteiger partial charge in [-0.25, -0.2) is 4.39 Å². The summed E-state index contributed by atoms with van der Waals surface area (Å²) in [6, 6.07) is 6.19. The van der Waals surface area contributed by atoms with Gasteiger partial charge in [-0.1, -0.05) is 35.3 Å². The van der Waals surface area contributed by atoms with Crippen LogP contribution in [0.2, 0.25) is 10.3 Å². The van der Waals surface area contributed by atoms with Gasteiger partial charge in [-0.15, -0.1) is 10.2 Å². The van der Waals surface area contributed by atoms with Crippen molar-refractivity contribution in [3.8, 4) is 16.9 Å². The highest BCUT2D eigenvalue weighted by Gasteiger charge is 2.14. The predicted octanol–water partition coefficient (Wildman–Crippen LogP) is 3.60. The summed E-state index contributed by atoms with van der Waals surface area (Å²) < 4.78 is 18.9. The molecule has 1 aromatic carbocycles. The number of hydrogen-bond acceptors (Lipinski definition) is 3. The normalized spacial score (nSPS) is 10.4. The third kappa shape index (κ3) is 2.33. The number of benzene rings is 1. The smallest absolute Gasteiger partial charge is 0.172 e. The van der Waals surface area contributed by atoms with E-state index in [0.29, 0.717) is 5.56 Å². The minimum atomic E-state index is -0.513. The Hall–Kier alpha value is -1.39. The van der Waals surface area contributed by atoms with Gasteiger partial charge in [0.1, 0.15) is 0 Å². The van der Waals surface area contributed by atoms with E-state index in [1.54, 1.807) is 12.1 Å². The summed E-state index contributed by atoms with van der Waals surface area (Å²) in [6.07, 6.45) is 0. The van der Waals surface area contributed by atoms with Crippen LogP contribution in [-0.4, -0.2) is 17.3 Å². The molecule has 0 saturated heterocycles. The van der Waals surface area contributed by atoms with E-state index in [0.717, 1.165) is 0 Å². The molecular weight excluding hydrogens is 266 g/mol. The van der Waals surface area contributed by atoms with Crippen molar-refractivity contribution in [2.75, 3.05) is 7.11 Å². The first-order valence-electron chi connectivity index (χ1n) is 4.65. The van der Waals surface area contributed by atoms with Crippen molar-refractivity contribution in [1.82, 2.24) is 10.2 Å². The summed E-state index contributed by atoms with van der Waals surface area (Å²) in [6.45, 7) is 0. The molecule has 0 amide bonds. The zero-order valence-corrected chi connectivity index (χ0v) is 10.3. The number of hydrogen-bond donors (Lipinski definition) is 0. The highest BCUT2D eigenvalue weighted by molar-refractivity contribution is 6.33. The number of nitrogens with zero attached hydrogens (tertiary/aromatic N) is 2. The van der Waals surface area contributed by atoms with Crippen molar-refractivity contribution in [2.24, 2.45) is 0 Å². The third-order valence-electron chi connectivity index (χ3n) is 2.19. The molecule has 3 nitrogen and oxygen atoms in total. The van der Waals surface area contributed by atoms with E-state index in [9.17, 15) is 4.39 Å². The van der Waals surface area contributed by atoms with Crippen LogP contribution >= 0.6 is 23.2 Å². The Morgan fingerprint density at radius 3 is 2.65 bits per heavy atom. The number of halogens is 3. The average Bonchev–Trinajstić information content (AvgIpc) is 2.33. The molecule has 17 heavy (non-hydrogen) atoms. The molecule has 0 bridgehead atoms. The van der Waals surface area contributed by atoms with E-state index in [4.69, 9.17) is 27.9 Å². The molecule has 6 heteroatoms. The lowest BCUT2D eigenvalue weighted by Crippen LogP contribution is -1.94. The van der Waals surface area contributed by atoms with Crippen molar-refractivity contribution in [2.45, 2.75) is 0 Å². The second kappa shape index (κ2) is 4.85. The highest BCUT2D eigenvalue weighted by atomic mass is 35.5. The van der Waals surface area contributed by atoms with Gasteiger partial charge in [0.05, 0.1) is 7.11 Å². The maximum absolute atomic E-state index is 14.0. The van der Waals surface area contributed by atoms with Crippen LogP contribution in [-0.2, 0) is 0 Å². The van der Waals surface area contributed by atoms with Gasteiger partial charge in [-0.05, 0) is 12.1 Å². The summed E-state index contributed by atoms with van der Waals surface area (Å²) in [5, 5.41) is 7.42. The summed E-state index contributed by atoms with van der Waals surface area (Å²) in [7, 11) is 1.39. The van der Waals surface area contributed by atoms with Crippen molar-refractivity contribution in [3.63, 3.8) is 0 Å². The molecule has 0 aliphatic carbocycles. The number of aromatic nitrogens is 2. The third-order valence-corrected chi connectivity index (χ3v) is 2.66. The molecule has 0 aliphatic rings. The van der Waals surface area contributed by atoms with E-state index in [-0.39, 0.29) is 21.6 Å². The van der Waals surface area contributed by atoms with E-state index in [1.165, 1.54) is 19.2 Å². The fraction of sp³-hybridized carbons (Fsp3) is 0.0909. The maximum atomic E-state index is 14.0. The van der Waals surface area contributed by atoms with Crippen LogP contribution in [0.15, 0.2) is 24.3 Å². The molecule has 0 N–H and O–H groups in total. The largest absolute Gasteiger partial charge is 0.494 e. The maximum Gasteiger partial charge on any atom is 0.172 e. The lowest BCUT2D eigenvalue weighted by atomic mass is 10.1. The second-order valence-electron chi connectivity index (χ2n) is 3.19. The quantitative estimate of drug-likeness (QED) is 0.838. The van der Waals surface area contributed by atoms with E-state index >= 15 is 0 Å². The van der Waals surface area contributed by atoms with Crippen molar-refractivity contribution >= 4 is 23.2 Å². The first-order chi connectivity index (χ1) is 8.13. The van der Waals surface area contributed by atoms with E-state index in [2.05, 4.69) is 10.2 Å². The zero-order chi connectivity index (χ0) is 12.4. The molecule has 0 saturated carbocycles. The number of methoxy groups -OCH3 is 1. The molecule has 0 aliphatic heterocycles. The van der Waals surface area contributed by atoms with Gasteiger partial charge >= 0.3 is 0 Å². The molecule has 2 rings (SSSR count). The first-order valence-corrected chi connectivity index (χ1v) is 5.40. The fourth-order valence-electron chi connectivity index (χ4n) is 1.42. The minimum Gasteiger partial charge on any atom is -0.494 e. The van der Waals surface area contributed by atoms with Crippen molar-refractivity contribution in [1.29, 1.82) is 0 Å². The molecular formula is C11H7Cl2FN2O. The Morgan fingerprint density at radius 2 is 1.94 bits per heavy atom. The minimum absolute atomic E-state index is 0.0848. The predicted molar refractivity (Wildman–Crippen MR) is 64.0 cm³/mol. The Bertz CT molecular complexity index is 563. The Balaban J connectivity index is 2.64. The Labute approximate surface area is 107 Å². The molecule has 88 valence electrons. The summed E-state index contributed by atoms with van der Waals surface area (Å²) in [5.74, 6) is -0.382. The Kier molecular flexibility index (Phi) is 3.45. The van der Waals surface area contributed by atoms with Gasteiger partial charge in [0.25, 0.3) is 0 Å². The van der Waals surface area contributed by atoms with Crippen molar-refractivity contribution in [3.05, 3.63) is 40.4 Å². The molecule has 1 aromatic heterocycles. The SMILES string of the molecule is COc1cccc(-c2cc(Cl)nnc2Cl)c1F. The van der Waals surface area contributed by atoms with Gasteiger partial charge in [0.15, 0.2) is 21.9 Å².